The molecule has 0 spiro atoms. The molecule has 1 unspecified atom stereocenters. The first-order chi connectivity index (χ1) is 36.0. The van der Waals surface area contributed by atoms with Crippen molar-refractivity contribution in [2.24, 2.45) is 0 Å². The van der Waals surface area contributed by atoms with E-state index < -0.39 is 6.10 Å². The van der Waals surface area contributed by atoms with Gasteiger partial charge in [0.15, 0.2) is 6.10 Å². The molecule has 0 heterocycles. The van der Waals surface area contributed by atoms with Gasteiger partial charge < -0.3 is 14.2 Å². The van der Waals surface area contributed by atoms with Crippen molar-refractivity contribution in [3.05, 3.63) is 109 Å². The van der Waals surface area contributed by atoms with E-state index >= 15 is 0 Å². The van der Waals surface area contributed by atoms with Crippen LogP contribution in [0.2, 0.25) is 0 Å². The Bertz CT molecular complexity index is 1490. The third-order valence-corrected chi connectivity index (χ3v) is 12.8. The highest BCUT2D eigenvalue weighted by Gasteiger charge is 2.19. The first-order valence-corrected chi connectivity index (χ1v) is 30.4. The van der Waals surface area contributed by atoms with Gasteiger partial charge in [0.05, 0.1) is 0 Å². The Morgan fingerprint density at radius 2 is 0.534 bits per heavy atom. The van der Waals surface area contributed by atoms with Crippen LogP contribution in [0.1, 0.15) is 278 Å². The molecule has 0 saturated heterocycles. The summed E-state index contributed by atoms with van der Waals surface area (Å²) >= 11 is 0. The summed E-state index contributed by atoms with van der Waals surface area (Å²) in [6.07, 6.45) is 82.3. The van der Waals surface area contributed by atoms with Gasteiger partial charge in [-0.3, -0.25) is 14.4 Å². The molecule has 0 rings (SSSR count). The zero-order valence-corrected chi connectivity index (χ0v) is 47.6. The van der Waals surface area contributed by atoms with Crippen molar-refractivity contribution in [1.29, 1.82) is 0 Å². The summed E-state index contributed by atoms with van der Waals surface area (Å²) in [6.45, 7) is 6.39. The van der Waals surface area contributed by atoms with E-state index in [1.165, 1.54) is 109 Å². The Morgan fingerprint density at radius 1 is 0.288 bits per heavy atom. The van der Waals surface area contributed by atoms with E-state index in [4.69, 9.17) is 14.2 Å². The highest BCUT2D eigenvalue weighted by molar-refractivity contribution is 5.71. The maximum Gasteiger partial charge on any atom is 0.306 e. The quantitative estimate of drug-likeness (QED) is 0.0261. The van der Waals surface area contributed by atoms with Crippen LogP contribution in [0.25, 0.3) is 0 Å². The number of carbonyl (C=O) groups is 3. The lowest BCUT2D eigenvalue weighted by Gasteiger charge is -2.18. The number of esters is 3. The highest BCUT2D eigenvalue weighted by atomic mass is 16.6. The summed E-state index contributed by atoms with van der Waals surface area (Å²) in [5, 5.41) is 0. The molecule has 0 aliphatic carbocycles. The van der Waals surface area contributed by atoms with Crippen molar-refractivity contribution in [2.45, 2.75) is 284 Å². The molecule has 1 atom stereocenters. The molecular formula is C67H112O6. The molecule has 0 N–H and O–H groups in total. The summed E-state index contributed by atoms with van der Waals surface area (Å²) in [5.41, 5.74) is 0. The lowest BCUT2D eigenvalue weighted by Crippen LogP contribution is -2.30. The highest BCUT2D eigenvalue weighted by Crippen LogP contribution is 2.16. The smallest absolute Gasteiger partial charge is 0.306 e. The van der Waals surface area contributed by atoms with Crippen molar-refractivity contribution >= 4 is 17.9 Å². The number of carbonyl (C=O) groups excluding carboxylic acids is 3. The maximum atomic E-state index is 12.9. The van der Waals surface area contributed by atoms with Crippen LogP contribution in [0, 0.1) is 0 Å². The zero-order chi connectivity index (χ0) is 52.9. The normalized spacial score (nSPS) is 12.9. The van der Waals surface area contributed by atoms with Gasteiger partial charge in [-0.05, 0) is 103 Å². The summed E-state index contributed by atoms with van der Waals surface area (Å²) < 4.78 is 16.9. The van der Waals surface area contributed by atoms with Crippen LogP contribution in [0.3, 0.4) is 0 Å². The van der Waals surface area contributed by atoms with E-state index in [9.17, 15) is 14.4 Å². The molecule has 0 aromatic heterocycles. The predicted molar refractivity (Wildman–Crippen MR) is 316 cm³/mol. The standard InChI is InChI=1S/C67H112O6/c1-4-7-10-13-16-19-22-25-27-28-29-30-31-32-33-34-35-36-37-38-40-42-45-48-51-54-57-60-66(69)72-63-64(62-71-65(68)59-56-53-50-47-44-41-24-21-18-15-12-9-6-3)73-67(70)61-58-55-52-49-46-43-39-26-23-20-17-14-11-8-5-2/h7,9-10,12,16,18-19,21,25,27,29-30,32-33,35-36,41,44,64H,4-6,8,11,13-15,17,20,22-24,26,28,31,34,37-40,42-43,45-63H2,1-3H3/b10-7-,12-9-,19-16-,21-18-,27-25-,30-29-,33-32-,36-35-,44-41-. The van der Waals surface area contributed by atoms with E-state index in [2.05, 4.69) is 130 Å². The molecule has 73 heavy (non-hydrogen) atoms. The number of ether oxygens (including phenoxy) is 3. The molecule has 0 amide bonds. The van der Waals surface area contributed by atoms with Gasteiger partial charge >= 0.3 is 17.9 Å². The Kier molecular flexibility index (Phi) is 57.4. The zero-order valence-electron chi connectivity index (χ0n) is 47.6. The van der Waals surface area contributed by atoms with Gasteiger partial charge in [0.25, 0.3) is 0 Å². The minimum absolute atomic E-state index is 0.0910. The van der Waals surface area contributed by atoms with E-state index in [0.29, 0.717) is 19.3 Å². The second-order valence-corrected chi connectivity index (χ2v) is 19.9. The summed E-state index contributed by atoms with van der Waals surface area (Å²) in [7, 11) is 0. The van der Waals surface area contributed by atoms with E-state index in [-0.39, 0.29) is 31.1 Å². The fraction of sp³-hybridized carbons (Fsp3) is 0.687. The van der Waals surface area contributed by atoms with Gasteiger partial charge in [0.2, 0.25) is 0 Å². The van der Waals surface area contributed by atoms with Gasteiger partial charge in [-0.15, -0.1) is 0 Å². The van der Waals surface area contributed by atoms with E-state index in [1.54, 1.807) is 0 Å². The Labute approximate surface area is 450 Å². The van der Waals surface area contributed by atoms with Crippen LogP contribution in [0.5, 0.6) is 0 Å². The minimum Gasteiger partial charge on any atom is -0.462 e. The maximum absolute atomic E-state index is 12.9. The van der Waals surface area contributed by atoms with Crippen LogP contribution in [0.4, 0.5) is 0 Å². The van der Waals surface area contributed by atoms with Crippen molar-refractivity contribution in [1.82, 2.24) is 0 Å². The molecule has 0 saturated carbocycles. The molecule has 0 fully saturated rings. The van der Waals surface area contributed by atoms with Gasteiger partial charge in [0.1, 0.15) is 13.2 Å². The molecular weight excluding hydrogens is 901 g/mol. The monoisotopic (exact) mass is 1010 g/mol. The SMILES string of the molecule is CC/C=C\C/C=C\C/C=C\C/C=C\C/C=C\C/C=C\CCCCCCCCCCC(=O)OCC(COC(=O)CCCCC/C=C\C/C=C\C/C=C\CC)OC(=O)CCCCCCCCCCCCCCCCC. The molecule has 0 bridgehead atoms. The third kappa shape index (κ3) is 58.8. The second kappa shape index (κ2) is 60.6. The topological polar surface area (TPSA) is 78.9 Å². The average molecular weight is 1010 g/mol. The fourth-order valence-electron chi connectivity index (χ4n) is 8.28. The largest absolute Gasteiger partial charge is 0.462 e. The summed E-state index contributed by atoms with van der Waals surface area (Å²) in [5.74, 6) is -0.923. The number of hydrogen-bond donors (Lipinski definition) is 0. The Hall–Kier alpha value is -3.93. The van der Waals surface area contributed by atoms with E-state index in [1.807, 2.05) is 0 Å². The van der Waals surface area contributed by atoms with Gasteiger partial charge in [-0.1, -0.05) is 265 Å². The Morgan fingerprint density at radius 3 is 0.849 bits per heavy atom. The van der Waals surface area contributed by atoms with Crippen molar-refractivity contribution < 1.29 is 28.6 Å². The van der Waals surface area contributed by atoms with Crippen molar-refractivity contribution in [3.63, 3.8) is 0 Å². The van der Waals surface area contributed by atoms with Crippen LogP contribution < -0.4 is 0 Å². The molecule has 6 nitrogen and oxygen atoms in total. The first-order valence-electron chi connectivity index (χ1n) is 30.4. The Balaban J connectivity index is 4.33. The molecule has 6 heteroatoms. The van der Waals surface area contributed by atoms with Gasteiger partial charge in [-0.2, -0.15) is 0 Å². The number of hydrogen-bond acceptors (Lipinski definition) is 6. The predicted octanol–water partition coefficient (Wildman–Crippen LogP) is 20.7. The first kappa shape index (κ1) is 69.1. The molecule has 0 aromatic rings. The lowest BCUT2D eigenvalue weighted by atomic mass is 10.0. The van der Waals surface area contributed by atoms with Gasteiger partial charge in [-0.25, -0.2) is 0 Å². The molecule has 0 aliphatic rings. The van der Waals surface area contributed by atoms with Crippen LogP contribution in [0.15, 0.2) is 109 Å². The second-order valence-electron chi connectivity index (χ2n) is 19.9. The molecule has 416 valence electrons. The van der Waals surface area contributed by atoms with Gasteiger partial charge in [0, 0.05) is 19.3 Å². The summed E-state index contributed by atoms with van der Waals surface area (Å²) in [6, 6.07) is 0. The molecule has 0 radical (unpaired) electrons. The lowest BCUT2D eigenvalue weighted by molar-refractivity contribution is -0.167. The fourth-order valence-corrected chi connectivity index (χ4v) is 8.28. The minimum atomic E-state index is -0.794. The van der Waals surface area contributed by atoms with E-state index in [0.717, 1.165) is 128 Å². The van der Waals surface area contributed by atoms with Crippen molar-refractivity contribution in [3.8, 4) is 0 Å². The number of unbranched alkanes of at least 4 members (excludes halogenated alkanes) is 25. The average Bonchev–Trinajstić information content (AvgIpc) is 3.39. The van der Waals surface area contributed by atoms with Crippen molar-refractivity contribution in [2.75, 3.05) is 13.2 Å². The number of allylic oxidation sites excluding steroid dienone is 18. The molecule has 0 aromatic carbocycles. The molecule has 0 aliphatic heterocycles. The van der Waals surface area contributed by atoms with Crippen LogP contribution in [-0.2, 0) is 28.6 Å². The van der Waals surface area contributed by atoms with Crippen LogP contribution >= 0.6 is 0 Å². The van der Waals surface area contributed by atoms with Crippen LogP contribution in [-0.4, -0.2) is 37.2 Å². The number of rotatable bonds is 54. The third-order valence-electron chi connectivity index (χ3n) is 12.8. The summed E-state index contributed by atoms with van der Waals surface area (Å²) in [4.78, 5) is 38.2.